The molecule has 0 unspecified atom stereocenters. The fourth-order valence-electron chi connectivity index (χ4n) is 1.07. The first-order valence-corrected chi connectivity index (χ1v) is 5.64. The molecular formula is C13H22O2. The summed E-state index contributed by atoms with van der Waals surface area (Å²) in [6.45, 7) is 8.26. The van der Waals surface area contributed by atoms with Crippen LogP contribution < -0.4 is 0 Å². The number of esters is 1. The van der Waals surface area contributed by atoms with Crippen molar-refractivity contribution < 1.29 is 9.53 Å². The maximum Gasteiger partial charge on any atom is 0.330 e. The third-order valence-corrected chi connectivity index (χ3v) is 2.00. The van der Waals surface area contributed by atoms with Gasteiger partial charge in [0.25, 0.3) is 0 Å². The van der Waals surface area contributed by atoms with Crippen LogP contribution in [0.15, 0.2) is 24.3 Å². The molecule has 0 aliphatic rings. The molecule has 0 amide bonds. The SMILES string of the molecule is C=C(C)CCOC(=O)/C=C/CCCCC. The maximum atomic E-state index is 11.1. The molecule has 0 aromatic carbocycles. The van der Waals surface area contributed by atoms with Gasteiger partial charge < -0.3 is 4.74 Å². The normalized spacial score (nSPS) is 10.5. The third kappa shape index (κ3) is 10.9. The molecule has 0 N–H and O–H groups in total. The summed E-state index contributed by atoms with van der Waals surface area (Å²) in [7, 11) is 0. The largest absolute Gasteiger partial charge is 0.462 e. The van der Waals surface area contributed by atoms with E-state index in [0.717, 1.165) is 24.8 Å². The van der Waals surface area contributed by atoms with Gasteiger partial charge in [0.05, 0.1) is 6.61 Å². The van der Waals surface area contributed by atoms with Gasteiger partial charge >= 0.3 is 5.97 Å². The lowest BCUT2D eigenvalue weighted by Crippen LogP contribution is -2.02. The molecule has 0 fully saturated rings. The summed E-state index contributed by atoms with van der Waals surface area (Å²) in [6.07, 6.45) is 8.68. The fourth-order valence-corrected chi connectivity index (χ4v) is 1.07. The Bertz CT molecular complexity index is 217. The second-order valence-corrected chi connectivity index (χ2v) is 3.77. The monoisotopic (exact) mass is 210 g/mol. The lowest BCUT2D eigenvalue weighted by molar-refractivity contribution is -0.137. The highest BCUT2D eigenvalue weighted by Gasteiger charge is 1.95. The van der Waals surface area contributed by atoms with Crippen LogP contribution in [0.1, 0.15) is 46.0 Å². The number of carbonyl (C=O) groups is 1. The molecule has 0 atom stereocenters. The van der Waals surface area contributed by atoms with Crippen molar-refractivity contribution in [1.82, 2.24) is 0 Å². The van der Waals surface area contributed by atoms with E-state index >= 15 is 0 Å². The summed E-state index contributed by atoms with van der Waals surface area (Å²) in [5, 5.41) is 0. The highest BCUT2D eigenvalue weighted by Crippen LogP contribution is 2.00. The molecule has 0 spiro atoms. The standard InChI is InChI=1S/C13H22O2/c1-4-5-6-7-8-9-13(14)15-11-10-12(2)3/h8-9H,2,4-7,10-11H2,1,3H3/b9-8+. The van der Waals surface area contributed by atoms with Crippen molar-refractivity contribution in [1.29, 1.82) is 0 Å². The Kier molecular flexibility index (Phi) is 8.84. The van der Waals surface area contributed by atoms with Crippen molar-refractivity contribution in [3.8, 4) is 0 Å². The van der Waals surface area contributed by atoms with Crippen molar-refractivity contribution >= 4 is 5.97 Å². The van der Waals surface area contributed by atoms with Gasteiger partial charge in [0.2, 0.25) is 0 Å². The van der Waals surface area contributed by atoms with Crippen molar-refractivity contribution in [2.24, 2.45) is 0 Å². The van der Waals surface area contributed by atoms with Crippen molar-refractivity contribution in [2.75, 3.05) is 6.61 Å². The van der Waals surface area contributed by atoms with Gasteiger partial charge in [-0.05, 0) is 19.8 Å². The molecule has 2 heteroatoms. The molecular weight excluding hydrogens is 188 g/mol. The van der Waals surface area contributed by atoms with Gasteiger partial charge in [0, 0.05) is 12.5 Å². The Morgan fingerprint density at radius 3 is 2.73 bits per heavy atom. The van der Waals surface area contributed by atoms with Crippen LogP contribution in [0.2, 0.25) is 0 Å². The first-order chi connectivity index (χ1) is 7.16. The number of allylic oxidation sites excluding steroid dienone is 1. The quantitative estimate of drug-likeness (QED) is 0.265. The van der Waals surface area contributed by atoms with E-state index in [1.807, 2.05) is 13.0 Å². The smallest absolute Gasteiger partial charge is 0.330 e. The Labute approximate surface area is 93.0 Å². The van der Waals surface area contributed by atoms with E-state index in [4.69, 9.17) is 4.74 Å². The van der Waals surface area contributed by atoms with E-state index < -0.39 is 0 Å². The maximum absolute atomic E-state index is 11.1. The highest BCUT2D eigenvalue weighted by atomic mass is 16.5. The van der Waals surface area contributed by atoms with Gasteiger partial charge in [0.15, 0.2) is 0 Å². The van der Waals surface area contributed by atoms with Crippen molar-refractivity contribution in [2.45, 2.75) is 46.0 Å². The van der Waals surface area contributed by atoms with Gasteiger partial charge in [-0.15, -0.1) is 6.58 Å². The molecule has 15 heavy (non-hydrogen) atoms. The molecule has 86 valence electrons. The van der Waals surface area contributed by atoms with Crippen LogP contribution in [0.5, 0.6) is 0 Å². The number of ether oxygens (including phenoxy) is 1. The van der Waals surface area contributed by atoms with Crippen LogP contribution >= 0.6 is 0 Å². The van der Waals surface area contributed by atoms with Crippen LogP contribution in [0.25, 0.3) is 0 Å². The minimum absolute atomic E-state index is 0.243. The van der Waals surface area contributed by atoms with E-state index in [9.17, 15) is 4.79 Å². The Balaban J connectivity index is 3.43. The summed E-state index contributed by atoms with van der Waals surface area (Å²) >= 11 is 0. The Hall–Kier alpha value is -1.05. The molecule has 0 aliphatic heterocycles. The van der Waals surface area contributed by atoms with Gasteiger partial charge in [-0.1, -0.05) is 31.4 Å². The number of hydrogen-bond donors (Lipinski definition) is 0. The minimum atomic E-state index is -0.243. The van der Waals surface area contributed by atoms with Crippen molar-refractivity contribution in [3.05, 3.63) is 24.3 Å². The minimum Gasteiger partial charge on any atom is -0.462 e. The first-order valence-electron chi connectivity index (χ1n) is 5.64. The zero-order chi connectivity index (χ0) is 11.5. The van der Waals surface area contributed by atoms with Gasteiger partial charge in [-0.2, -0.15) is 0 Å². The fraction of sp³-hybridized carbons (Fsp3) is 0.615. The molecule has 0 radical (unpaired) electrons. The molecule has 0 saturated carbocycles. The average Bonchev–Trinajstić information content (AvgIpc) is 2.17. The molecule has 0 aromatic heterocycles. The topological polar surface area (TPSA) is 26.3 Å². The van der Waals surface area contributed by atoms with E-state index in [1.54, 1.807) is 0 Å². The molecule has 0 saturated heterocycles. The number of unbranched alkanes of at least 4 members (excludes halogenated alkanes) is 3. The molecule has 0 rings (SSSR count). The zero-order valence-corrected chi connectivity index (χ0v) is 9.92. The number of hydrogen-bond acceptors (Lipinski definition) is 2. The van der Waals surface area contributed by atoms with Gasteiger partial charge in [0.1, 0.15) is 0 Å². The third-order valence-electron chi connectivity index (χ3n) is 2.00. The summed E-state index contributed by atoms with van der Waals surface area (Å²) in [5.74, 6) is -0.243. The van der Waals surface area contributed by atoms with Crippen LogP contribution in [0, 0.1) is 0 Å². The predicted molar refractivity (Wildman–Crippen MR) is 63.7 cm³/mol. The number of rotatable bonds is 8. The van der Waals surface area contributed by atoms with E-state index in [-0.39, 0.29) is 5.97 Å². The molecule has 0 heterocycles. The first kappa shape index (κ1) is 13.9. The Morgan fingerprint density at radius 1 is 1.40 bits per heavy atom. The molecule has 0 aliphatic carbocycles. The Morgan fingerprint density at radius 2 is 2.13 bits per heavy atom. The van der Waals surface area contributed by atoms with E-state index in [0.29, 0.717) is 6.61 Å². The second-order valence-electron chi connectivity index (χ2n) is 3.77. The average molecular weight is 210 g/mol. The highest BCUT2D eigenvalue weighted by molar-refractivity contribution is 5.81. The summed E-state index contributed by atoms with van der Waals surface area (Å²) in [6, 6.07) is 0. The van der Waals surface area contributed by atoms with Crippen LogP contribution in [-0.2, 0) is 9.53 Å². The molecule has 0 aromatic rings. The van der Waals surface area contributed by atoms with E-state index in [2.05, 4.69) is 13.5 Å². The molecule has 2 nitrogen and oxygen atoms in total. The zero-order valence-electron chi connectivity index (χ0n) is 9.92. The predicted octanol–water partition coefficient (Wildman–Crippen LogP) is 3.63. The van der Waals surface area contributed by atoms with Crippen LogP contribution in [-0.4, -0.2) is 12.6 Å². The van der Waals surface area contributed by atoms with Gasteiger partial charge in [-0.25, -0.2) is 4.79 Å². The molecule has 0 bridgehead atoms. The summed E-state index contributed by atoms with van der Waals surface area (Å²) in [5.41, 5.74) is 1.04. The lowest BCUT2D eigenvalue weighted by atomic mass is 10.2. The lowest BCUT2D eigenvalue weighted by Gasteiger charge is -2.00. The van der Waals surface area contributed by atoms with Crippen LogP contribution in [0.4, 0.5) is 0 Å². The van der Waals surface area contributed by atoms with Crippen molar-refractivity contribution in [3.63, 3.8) is 0 Å². The second kappa shape index (κ2) is 9.50. The summed E-state index contributed by atoms with van der Waals surface area (Å²) < 4.78 is 4.97. The summed E-state index contributed by atoms with van der Waals surface area (Å²) in [4.78, 5) is 11.1. The van der Waals surface area contributed by atoms with Gasteiger partial charge in [-0.3, -0.25) is 0 Å². The van der Waals surface area contributed by atoms with Crippen LogP contribution in [0.3, 0.4) is 0 Å². The van der Waals surface area contributed by atoms with E-state index in [1.165, 1.54) is 18.9 Å². The number of carbonyl (C=O) groups excluding carboxylic acids is 1.